The summed E-state index contributed by atoms with van der Waals surface area (Å²) >= 11 is 0. The van der Waals surface area contributed by atoms with Crippen molar-refractivity contribution in [1.82, 2.24) is 0 Å². The number of ether oxygens (including phenoxy) is 1. The smallest absolute Gasteiger partial charge is 0.310 e. The van der Waals surface area contributed by atoms with Crippen LogP contribution >= 0.6 is 0 Å². The first-order valence-electron chi connectivity index (χ1n) is 7.56. The lowest BCUT2D eigenvalue weighted by atomic mass is 9.77. The summed E-state index contributed by atoms with van der Waals surface area (Å²) in [5, 5.41) is 9.47. The van der Waals surface area contributed by atoms with Gasteiger partial charge in [0.15, 0.2) is 0 Å². The van der Waals surface area contributed by atoms with Gasteiger partial charge in [-0.15, -0.1) is 0 Å². The summed E-state index contributed by atoms with van der Waals surface area (Å²) in [5.74, 6) is -2.50. The number of para-hydroxylation sites is 1. The second-order valence-corrected chi connectivity index (χ2v) is 6.14. The number of anilines is 1. The van der Waals surface area contributed by atoms with E-state index in [-0.39, 0.29) is 5.91 Å². The summed E-state index contributed by atoms with van der Waals surface area (Å²) in [6, 6.07) is 7.76. The van der Waals surface area contributed by atoms with Gasteiger partial charge in [-0.1, -0.05) is 37.3 Å². The number of aliphatic carboxylic acids is 1. The molecule has 1 aromatic carbocycles. The van der Waals surface area contributed by atoms with Crippen molar-refractivity contribution >= 4 is 17.6 Å². The minimum atomic E-state index is -0.958. The molecule has 2 fully saturated rings. The molecular formula is C17H17NO4. The first-order chi connectivity index (χ1) is 10.6. The number of carboxylic acid groups (broad SMARTS) is 1. The van der Waals surface area contributed by atoms with E-state index in [2.05, 4.69) is 0 Å². The molecule has 114 valence electrons. The average molecular weight is 299 g/mol. The number of amides is 1. The fourth-order valence-corrected chi connectivity index (χ4v) is 4.06. The van der Waals surface area contributed by atoms with Crippen LogP contribution in [0.3, 0.4) is 0 Å². The Kier molecular flexibility index (Phi) is 2.72. The zero-order chi connectivity index (χ0) is 15.5. The number of aryl methyl sites for hydroxylation is 1. The molecule has 0 aliphatic carbocycles. The average Bonchev–Trinajstić information content (AvgIpc) is 3.15. The number of carbonyl (C=O) groups is 2. The molecular weight excluding hydrogens is 282 g/mol. The number of fused-ring (bicyclic) bond motifs is 1. The monoisotopic (exact) mass is 299 g/mol. The first-order valence-corrected chi connectivity index (χ1v) is 7.56. The maximum atomic E-state index is 12.9. The minimum Gasteiger partial charge on any atom is -0.481 e. The summed E-state index contributed by atoms with van der Waals surface area (Å²) in [6.07, 6.45) is 4.01. The topological polar surface area (TPSA) is 66.8 Å². The number of hydrogen-bond donors (Lipinski definition) is 1. The van der Waals surface area contributed by atoms with Crippen LogP contribution < -0.4 is 4.90 Å². The maximum Gasteiger partial charge on any atom is 0.310 e. The lowest BCUT2D eigenvalue weighted by Gasteiger charge is -2.23. The minimum absolute atomic E-state index is 0.139. The molecule has 1 unspecified atom stereocenters. The van der Waals surface area contributed by atoms with Gasteiger partial charge in [0.05, 0.1) is 18.6 Å². The van der Waals surface area contributed by atoms with Crippen LogP contribution in [0.15, 0.2) is 36.4 Å². The number of carbonyl (C=O) groups excluding carboxylic acids is 1. The number of nitrogens with zero attached hydrogens (tertiary/aromatic N) is 1. The van der Waals surface area contributed by atoms with Crippen molar-refractivity contribution in [3.8, 4) is 0 Å². The predicted octanol–water partition coefficient (Wildman–Crippen LogP) is 1.62. The van der Waals surface area contributed by atoms with Crippen LogP contribution in [0.2, 0.25) is 0 Å². The van der Waals surface area contributed by atoms with E-state index in [4.69, 9.17) is 4.74 Å². The lowest BCUT2D eigenvalue weighted by Crippen LogP contribution is -2.39. The highest BCUT2D eigenvalue weighted by molar-refractivity contribution is 6.03. The molecule has 1 N–H and O–H groups in total. The van der Waals surface area contributed by atoms with E-state index in [0.29, 0.717) is 6.54 Å². The quantitative estimate of drug-likeness (QED) is 0.861. The van der Waals surface area contributed by atoms with Crippen LogP contribution in [0.25, 0.3) is 0 Å². The second kappa shape index (κ2) is 4.43. The van der Waals surface area contributed by atoms with Crippen LogP contribution in [0.1, 0.15) is 12.5 Å². The molecule has 3 aliphatic heterocycles. The second-order valence-electron chi connectivity index (χ2n) is 6.14. The number of hydrogen-bond acceptors (Lipinski definition) is 3. The van der Waals surface area contributed by atoms with E-state index in [9.17, 15) is 14.7 Å². The van der Waals surface area contributed by atoms with E-state index in [0.717, 1.165) is 17.7 Å². The van der Waals surface area contributed by atoms with Crippen LogP contribution in [0.5, 0.6) is 0 Å². The highest BCUT2D eigenvalue weighted by Gasteiger charge is 2.67. The van der Waals surface area contributed by atoms with Crippen molar-refractivity contribution < 1.29 is 19.4 Å². The zero-order valence-corrected chi connectivity index (χ0v) is 12.2. The number of carboxylic acids is 1. The largest absolute Gasteiger partial charge is 0.481 e. The molecule has 22 heavy (non-hydrogen) atoms. The first kappa shape index (κ1) is 13.5. The third kappa shape index (κ3) is 1.57. The molecule has 2 saturated heterocycles. The Balaban J connectivity index is 1.77. The normalized spacial score (nSPS) is 35.2. The SMILES string of the molecule is CCc1ccccc1N1CC23C=C[C@@H](O2)[C@H](C(=O)O)[C@@H]3C1=O. The molecule has 1 spiro atoms. The Bertz CT molecular complexity index is 698. The highest BCUT2D eigenvalue weighted by Crippen LogP contribution is 2.52. The Labute approximate surface area is 128 Å². The summed E-state index contributed by atoms with van der Waals surface area (Å²) < 4.78 is 5.90. The standard InChI is InChI=1S/C17H17NO4/c1-2-10-5-3-4-6-11(10)18-9-17-8-7-12(22-17)13(16(20)21)14(17)15(18)19/h3-8,12-14H,2,9H2,1H3,(H,20,21)/t12-,13+,14-,17?/m1/s1. The number of rotatable bonds is 3. The molecule has 1 amide bonds. The van der Waals surface area contributed by atoms with Crippen LogP contribution in [-0.4, -0.2) is 35.2 Å². The van der Waals surface area contributed by atoms with Gasteiger partial charge in [0.1, 0.15) is 11.5 Å². The Hall–Kier alpha value is -2.14. The summed E-state index contributed by atoms with van der Waals surface area (Å²) in [7, 11) is 0. The maximum absolute atomic E-state index is 12.9. The molecule has 5 nitrogen and oxygen atoms in total. The van der Waals surface area contributed by atoms with Crippen molar-refractivity contribution in [2.24, 2.45) is 11.8 Å². The lowest BCUT2D eigenvalue weighted by molar-refractivity contribution is -0.146. The molecule has 4 atom stereocenters. The van der Waals surface area contributed by atoms with Gasteiger partial charge in [-0.25, -0.2) is 0 Å². The van der Waals surface area contributed by atoms with E-state index in [1.807, 2.05) is 37.3 Å². The van der Waals surface area contributed by atoms with Gasteiger partial charge in [0, 0.05) is 5.69 Å². The van der Waals surface area contributed by atoms with Gasteiger partial charge in [-0.05, 0) is 18.1 Å². The van der Waals surface area contributed by atoms with Crippen molar-refractivity contribution in [2.75, 3.05) is 11.4 Å². The molecule has 3 heterocycles. The Morgan fingerprint density at radius 3 is 2.95 bits per heavy atom. The molecule has 0 aromatic heterocycles. The third-order valence-corrected chi connectivity index (χ3v) is 5.05. The molecule has 0 saturated carbocycles. The fourth-order valence-electron chi connectivity index (χ4n) is 4.06. The van der Waals surface area contributed by atoms with Crippen molar-refractivity contribution in [2.45, 2.75) is 25.0 Å². The van der Waals surface area contributed by atoms with Gasteiger partial charge in [0.25, 0.3) is 0 Å². The summed E-state index contributed by atoms with van der Waals surface area (Å²) in [5.41, 5.74) is 1.17. The molecule has 3 aliphatic rings. The van der Waals surface area contributed by atoms with E-state index in [1.165, 1.54) is 0 Å². The summed E-state index contributed by atoms with van der Waals surface area (Å²) in [4.78, 5) is 26.2. The van der Waals surface area contributed by atoms with E-state index < -0.39 is 29.5 Å². The Morgan fingerprint density at radius 1 is 1.45 bits per heavy atom. The van der Waals surface area contributed by atoms with Crippen molar-refractivity contribution in [3.63, 3.8) is 0 Å². The van der Waals surface area contributed by atoms with Gasteiger partial charge in [-0.2, -0.15) is 0 Å². The Morgan fingerprint density at radius 2 is 2.23 bits per heavy atom. The van der Waals surface area contributed by atoms with Gasteiger partial charge in [-0.3, -0.25) is 9.59 Å². The van der Waals surface area contributed by atoms with Gasteiger partial charge in [0.2, 0.25) is 5.91 Å². The third-order valence-electron chi connectivity index (χ3n) is 5.05. The van der Waals surface area contributed by atoms with Crippen molar-refractivity contribution in [3.05, 3.63) is 42.0 Å². The van der Waals surface area contributed by atoms with Crippen molar-refractivity contribution in [1.29, 1.82) is 0 Å². The highest BCUT2D eigenvalue weighted by atomic mass is 16.5. The molecule has 1 aromatic rings. The molecule has 5 heteroatoms. The van der Waals surface area contributed by atoms with Crippen LogP contribution in [0.4, 0.5) is 5.69 Å². The van der Waals surface area contributed by atoms with E-state index >= 15 is 0 Å². The predicted molar refractivity (Wildman–Crippen MR) is 79.5 cm³/mol. The summed E-state index contributed by atoms with van der Waals surface area (Å²) in [6.45, 7) is 2.44. The van der Waals surface area contributed by atoms with E-state index in [1.54, 1.807) is 11.0 Å². The fraction of sp³-hybridized carbons (Fsp3) is 0.412. The molecule has 2 bridgehead atoms. The van der Waals surface area contributed by atoms with Crippen LogP contribution in [-0.2, 0) is 20.7 Å². The van der Waals surface area contributed by atoms with Gasteiger partial charge >= 0.3 is 5.97 Å². The molecule has 4 rings (SSSR count). The molecule has 0 radical (unpaired) electrons. The van der Waals surface area contributed by atoms with Gasteiger partial charge < -0.3 is 14.7 Å². The zero-order valence-electron chi connectivity index (χ0n) is 12.2. The number of benzene rings is 1. The van der Waals surface area contributed by atoms with Crippen LogP contribution in [0, 0.1) is 11.8 Å².